The van der Waals surface area contributed by atoms with Gasteiger partial charge < -0.3 is 10.4 Å². The van der Waals surface area contributed by atoms with Crippen LogP contribution in [-0.2, 0) is 0 Å². The normalized spacial score (nSPS) is 14.6. The number of aliphatic hydroxyl groups is 1. The number of aromatic nitrogens is 2. The first kappa shape index (κ1) is 11.7. The van der Waals surface area contributed by atoms with E-state index in [1.54, 1.807) is 13.8 Å². The molecule has 0 bridgehead atoms. The maximum Gasteiger partial charge on any atom is 0.199 e. The smallest absolute Gasteiger partial charge is 0.199 e. The molecule has 0 aliphatic heterocycles. The van der Waals surface area contributed by atoms with Crippen molar-refractivity contribution < 1.29 is 9.90 Å². The number of carbonyl (C=O) groups excluding carboxylic acids is 1. The molecule has 0 amide bonds. The summed E-state index contributed by atoms with van der Waals surface area (Å²) in [5.41, 5.74) is 0.336. The molecule has 0 saturated carbocycles. The largest absolute Gasteiger partial charge is 0.392 e. The van der Waals surface area contributed by atoms with Crippen LogP contribution in [0.4, 0.5) is 0 Å². The van der Waals surface area contributed by atoms with Crippen LogP contribution in [0.3, 0.4) is 0 Å². The first-order valence-electron chi connectivity index (χ1n) is 4.83. The third-order valence-electron chi connectivity index (χ3n) is 1.93. The maximum absolute atomic E-state index is 11.7. The van der Waals surface area contributed by atoms with E-state index in [0.29, 0.717) is 12.2 Å². The number of hydrogen-bond acceptors (Lipinski definition) is 5. The van der Waals surface area contributed by atoms with Gasteiger partial charge in [0.2, 0.25) is 0 Å². The van der Waals surface area contributed by atoms with E-state index >= 15 is 0 Å². The fraction of sp³-hybridized carbons (Fsp3) is 0.500. The highest BCUT2D eigenvalue weighted by Gasteiger charge is 2.16. The lowest BCUT2D eigenvalue weighted by Crippen LogP contribution is -2.38. The number of ketones is 1. The van der Waals surface area contributed by atoms with Gasteiger partial charge in [-0.15, -0.1) is 0 Å². The Morgan fingerprint density at radius 3 is 2.80 bits per heavy atom. The van der Waals surface area contributed by atoms with E-state index in [0.717, 1.165) is 0 Å². The van der Waals surface area contributed by atoms with Crippen LogP contribution in [0.1, 0.15) is 24.3 Å². The number of Topliss-reactive ketones (excluding diaryl/α,β-unsaturated/α-hetero) is 1. The predicted octanol–water partition coefficient (Wildman–Crippen LogP) is 0.0182. The molecule has 0 radical (unpaired) electrons. The van der Waals surface area contributed by atoms with Crippen LogP contribution in [-0.4, -0.2) is 39.5 Å². The van der Waals surface area contributed by atoms with Gasteiger partial charge in [-0.25, -0.2) is 4.98 Å². The molecule has 0 saturated heterocycles. The number of nitrogens with zero attached hydrogens (tertiary/aromatic N) is 2. The maximum atomic E-state index is 11.7. The van der Waals surface area contributed by atoms with Gasteiger partial charge in [-0.1, -0.05) is 0 Å². The molecule has 5 heteroatoms. The minimum atomic E-state index is -0.470. The molecule has 5 nitrogen and oxygen atoms in total. The van der Waals surface area contributed by atoms with Crippen molar-refractivity contribution in [3.63, 3.8) is 0 Å². The topological polar surface area (TPSA) is 75.1 Å². The average molecular weight is 209 g/mol. The Hall–Kier alpha value is -1.33. The Morgan fingerprint density at radius 2 is 2.27 bits per heavy atom. The predicted molar refractivity (Wildman–Crippen MR) is 55.5 cm³/mol. The molecule has 2 unspecified atom stereocenters. The van der Waals surface area contributed by atoms with Crippen molar-refractivity contribution >= 4 is 5.78 Å². The number of carbonyl (C=O) groups is 1. The van der Waals surface area contributed by atoms with Crippen molar-refractivity contribution in [2.45, 2.75) is 26.0 Å². The molecule has 2 atom stereocenters. The van der Waals surface area contributed by atoms with Crippen molar-refractivity contribution in [3.05, 3.63) is 24.3 Å². The Kier molecular flexibility index (Phi) is 4.33. The molecule has 15 heavy (non-hydrogen) atoms. The fourth-order valence-corrected chi connectivity index (χ4v) is 1.09. The standard InChI is InChI=1S/C10H15N3O2/c1-7(14)5-13-8(2)10(15)9-6-11-3-4-12-9/h3-4,6-8,13-14H,5H2,1-2H3. The molecule has 1 heterocycles. The molecule has 1 rings (SSSR count). The lowest BCUT2D eigenvalue weighted by atomic mass is 10.1. The summed E-state index contributed by atoms with van der Waals surface area (Å²) in [6, 6.07) is -0.365. The van der Waals surface area contributed by atoms with E-state index in [-0.39, 0.29) is 11.8 Å². The molecule has 82 valence electrons. The monoisotopic (exact) mass is 209 g/mol. The molecule has 2 N–H and O–H groups in total. The first-order valence-corrected chi connectivity index (χ1v) is 4.83. The SMILES string of the molecule is CC(O)CNC(C)C(=O)c1cnccn1. The zero-order valence-corrected chi connectivity index (χ0v) is 8.84. The summed E-state index contributed by atoms with van der Waals surface area (Å²) in [5.74, 6) is -0.122. The van der Waals surface area contributed by atoms with Gasteiger partial charge in [-0.05, 0) is 13.8 Å². The van der Waals surface area contributed by atoms with Gasteiger partial charge >= 0.3 is 0 Å². The highest BCUT2D eigenvalue weighted by Crippen LogP contribution is 1.97. The molecule has 0 aromatic carbocycles. The summed E-state index contributed by atoms with van der Waals surface area (Å²) < 4.78 is 0. The van der Waals surface area contributed by atoms with E-state index in [1.807, 2.05) is 0 Å². The minimum Gasteiger partial charge on any atom is -0.392 e. The Morgan fingerprint density at radius 1 is 1.53 bits per heavy atom. The highest BCUT2D eigenvalue weighted by atomic mass is 16.3. The second kappa shape index (κ2) is 5.53. The van der Waals surface area contributed by atoms with Gasteiger partial charge in [0, 0.05) is 18.9 Å². The van der Waals surface area contributed by atoms with E-state index in [2.05, 4.69) is 15.3 Å². The summed E-state index contributed by atoms with van der Waals surface area (Å²) in [5, 5.41) is 12.0. The highest BCUT2D eigenvalue weighted by molar-refractivity contribution is 5.97. The van der Waals surface area contributed by atoms with Crippen molar-refractivity contribution in [2.75, 3.05) is 6.54 Å². The third-order valence-corrected chi connectivity index (χ3v) is 1.93. The summed E-state index contributed by atoms with van der Waals surface area (Å²) >= 11 is 0. The number of aliphatic hydroxyl groups excluding tert-OH is 1. The molecule has 0 aliphatic carbocycles. The fourth-order valence-electron chi connectivity index (χ4n) is 1.09. The summed E-state index contributed by atoms with van der Waals surface area (Å²) in [6.07, 6.45) is 3.96. The van der Waals surface area contributed by atoms with Gasteiger partial charge in [0.15, 0.2) is 5.78 Å². The van der Waals surface area contributed by atoms with E-state index in [4.69, 9.17) is 5.11 Å². The summed E-state index contributed by atoms with van der Waals surface area (Å²) in [6.45, 7) is 3.78. The van der Waals surface area contributed by atoms with Crippen LogP contribution < -0.4 is 5.32 Å². The molecule has 1 aromatic heterocycles. The van der Waals surface area contributed by atoms with Crippen molar-refractivity contribution in [1.82, 2.24) is 15.3 Å². The van der Waals surface area contributed by atoms with Gasteiger partial charge in [0.1, 0.15) is 5.69 Å². The van der Waals surface area contributed by atoms with Crippen LogP contribution in [0.5, 0.6) is 0 Å². The third kappa shape index (κ3) is 3.73. The van der Waals surface area contributed by atoms with Crippen LogP contribution in [0.2, 0.25) is 0 Å². The number of nitrogens with one attached hydrogen (secondary N) is 1. The molecule has 0 spiro atoms. The van der Waals surface area contributed by atoms with Crippen molar-refractivity contribution in [2.24, 2.45) is 0 Å². The lowest BCUT2D eigenvalue weighted by Gasteiger charge is -2.13. The van der Waals surface area contributed by atoms with Gasteiger partial charge in [-0.2, -0.15) is 0 Å². The van der Waals surface area contributed by atoms with Gasteiger partial charge in [0.25, 0.3) is 0 Å². The van der Waals surface area contributed by atoms with E-state index in [1.165, 1.54) is 18.6 Å². The lowest BCUT2D eigenvalue weighted by molar-refractivity contribution is 0.0935. The molecular formula is C10H15N3O2. The zero-order valence-electron chi connectivity index (χ0n) is 8.84. The number of rotatable bonds is 5. The summed E-state index contributed by atoms with van der Waals surface area (Å²) in [4.78, 5) is 19.4. The minimum absolute atomic E-state index is 0.122. The molecule has 0 fully saturated rings. The van der Waals surface area contributed by atoms with Crippen molar-refractivity contribution in [1.29, 1.82) is 0 Å². The van der Waals surface area contributed by atoms with Crippen LogP contribution in [0.15, 0.2) is 18.6 Å². The van der Waals surface area contributed by atoms with Gasteiger partial charge in [0.05, 0.1) is 18.3 Å². The number of hydrogen-bond donors (Lipinski definition) is 2. The quantitative estimate of drug-likeness (QED) is 0.668. The Labute approximate surface area is 88.6 Å². The zero-order chi connectivity index (χ0) is 11.3. The van der Waals surface area contributed by atoms with Crippen LogP contribution >= 0.6 is 0 Å². The Bertz CT molecular complexity index is 314. The average Bonchev–Trinajstić information content (AvgIpc) is 2.26. The second-order valence-electron chi connectivity index (χ2n) is 3.43. The van der Waals surface area contributed by atoms with Crippen LogP contribution in [0.25, 0.3) is 0 Å². The molecule has 1 aromatic rings. The van der Waals surface area contributed by atoms with E-state index in [9.17, 15) is 4.79 Å². The first-order chi connectivity index (χ1) is 7.11. The second-order valence-corrected chi connectivity index (χ2v) is 3.43. The van der Waals surface area contributed by atoms with Crippen LogP contribution in [0, 0.1) is 0 Å². The van der Waals surface area contributed by atoms with Crippen molar-refractivity contribution in [3.8, 4) is 0 Å². The Balaban J connectivity index is 2.54. The molecule has 0 aliphatic rings. The van der Waals surface area contributed by atoms with E-state index < -0.39 is 6.10 Å². The summed E-state index contributed by atoms with van der Waals surface area (Å²) in [7, 11) is 0. The van der Waals surface area contributed by atoms with Gasteiger partial charge in [-0.3, -0.25) is 9.78 Å². The molecular weight excluding hydrogens is 194 g/mol.